The van der Waals surface area contributed by atoms with Crippen molar-refractivity contribution < 1.29 is 0 Å². The molecule has 0 amide bonds. The van der Waals surface area contributed by atoms with Crippen molar-refractivity contribution in [2.75, 3.05) is 0 Å². The van der Waals surface area contributed by atoms with E-state index >= 15 is 0 Å². The van der Waals surface area contributed by atoms with Crippen LogP contribution in [0.15, 0.2) is 132 Å². The summed E-state index contributed by atoms with van der Waals surface area (Å²) in [4.78, 5) is 10.0. The largest absolute Gasteiger partial charge is 0.228 e. The van der Waals surface area contributed by atoms with Gasteiger partial charge < -0.3 is 0 Å². The minimum atomic E-state index is 0.716. The molecule has 5 aromatic carbocycles. The molecule has 0 spiro atoms. The minimum Gasteiger partial charge on any atom is -0.228 e. The van der Waals surface area contributed by atoms with E-state index in [2.05, 4.69) is 119 Å². The molecule has 0 bridgehead atoms. The normalized spacial score (nSPS) is 11.0. The topological polar surface area (TPSA) is 25.8 Å². The van der Waals surface area contributed by atoms with Crippen LogP contribution in [0.25, 0.3) is 55.8 Å². The first-order valence-electron chi connectivity index (χ1n) is 11.5. The molecule has 6 rings (SSSR count). The Morgan fingerprint density at radius 1 is 0.429 bits per heavy atom. The fraction of sp³-hybridized carbons (Fsp3) is 0. The Balaban J connectivity index is 1.52. The van der Waals surface area contributed by atoms with Gasteiger partial charge in [-0.05, 0) is 34.0 Å². The average Bonchev–Trinajstić information content (AvgIpc) is 2.94. The molecule has 0 fully saturated rings. The van der Waals surface area contributed by atoms with Crippen LogP contribution in [0.5, 0.6) is 0 Å². The standard InChI is InChI=1S/C32H21BrN2/c33-29-20-19-28(26-13-7-8-14-27(26)29)31-21-30(24-11-5-2-6-12-24)34-32(35-31)25-17-15-23(16-18-25)22-9-3-1-4-10-22/h1-21H. The Morgan fingerprint density at radius 3 is 1.69 bits per heavy atom. The van der Waals surface area contributed by atoms with E-state index in [4.69, 9.17) is 9.97 Å². The Kier molecular flexibility index (Phi) is 5.69. The van der Waals surface area contributed by atoms with Gasteiger partial charge in [0.05, 0.1) is 11.4 Å². The molecule has 0 radical (unpaired) electrons. The second kappa shape index (κ2) is 9.28. The highest BCUT2D eigenvalue weighted by molar-refractivity contribution is 9.10. The number of hydrogen-bond acceptors (Lipinski definition) is 2. The zero-order valence-corrected chi connectivity index (χ0v) is 20.5. The molecule has 0 aliphatic rings. The maximum Gasteiger partial charge on any atom is 0.160 e. The number of benzene rings is 5. The number of rotatable bonds is 4. The molecule has 2 nitrogen and oxygen atoms in total. The molecular formula is C32H21BrN2. The Labute approximate surface area is 213 Å². The van der Waals surface area contributed by atoms with Crippen LogP contribution in [0, 0.1) is 0 Å². The zero-order chi connectivity index (χ0) is 23.6. The maximum absolute atomic E-state index is 5.06. The van der Waals surface area contributed by atoms with E-state index in [9.17, 15) is 0 Å². The average molecular weight is 513 g/mol. The van der Waals surface area contributed by atoms with E-state index in [0.29, 0.717) is 5.82 Å². The van der Waals surface area contributed by atoms with E-state index < -0.39 is 0 Å². The van der Waals surface area contributed by atoms with E-state index in [-0.39, 0.29) is 0 Å². The van der Waals surface area contributed by atoms with Gasteiger partial charge in [0.2, 0.25) is 0 Å². The molecule has 0 aliphatic heterocycles. The quantitative estimate of drug-likeness (QED) is 0.235. The Bertz CT molecular complexity index is 1630. The van der Waals surface area contributed by atoms with E-state index in [1.165, 1.54) is 16.5 Å². The fourth-order valence-corrected chi connectivity index (χ4v) is 4.88. The summed E-state index contributed by atoms with van der Waals surface area (Å²) >= 11 is 3.70. The van der Waals surface area contributed by atoms with Crippen molar-refractivity contribution in [1.29, 1.82) is 0 Å². The van der Waals surface area contributed by atoms with Crippen molar-refractivity contribution >= 4 is 26.7 Å². The lowest BCUT2D eigenvalue weighted by molar-refractivity contribution is 1.18. The summed E-state index contributed by atoms with van der Waals surface area (Å²) in [6.07, 6.45) is 0. The van der Waals surface area contributed by atoms with Gasteiger partial charge in [-0.25, -0.2) is 9.97 Å². The van der Waals surface area contributed by atoms with Gasteiger partial charge in [0, 0.05) is 21.2 Å². The van der Waals surface area contributed by atoms with Gasteiger partial charge in [0.25, 0.3) is 0 Å². The van der Waals surface area contributed by atoms with Gasteiger partial charge in [0.1, 0.15) is 0 Å². The number of fused-ring (bicyclic) bond motifs is 1. The zero-order valence-electron chi connectivity index (χ0n) is 18.9. The number of aromatic nitrogens is 2. The summed E-state index contributed by atoms with van der Waals surface area (Å²) in [6, 6.07) is 43.9. The third kappa shape index (κ3) is 4.27. The summed E-state index contributed by atoms with van der Waals surface area (Å²) in [5.74, 6) is 0.716. The van der Waals surface area contributed by atoms with Crippen LogP contribution in [0.4, 0.5) is 0 Å². The molecule has 0 atom stereocenters. The molecule has 1 heterocycles. The lowest BCUT2D eigenvalue weighted by Crippen LogP contribution is -1.96. The minimum absolute atomic E-state index is 0.716. The summed E-state index contributed by atoms with van der Waals surface area (Å²) in [7, 11) is 0. The van der Waals surface area contributed by atoms with Gasteiger partial charge in [0.15, 0.2) is 5.82 Å². The molecule has 6 aromatic rings. The van der Waals surface area contributed by atoms with Gasteiger partial charge in [-0.1, -0.05) is 131 Å². The molecule has 0 unspecified atom stereocenters. The summed E-state index contributed by atoms with van der Waals surface area (Å²) in [5.41, 5.74) is 7.33. The number of halogens is 1. The van der Waals surface area contributed by atoms with Crippen molar-refractivity contribution in [2.45, 2.75) is 0 Å². The van der Waals surface area contributed by atoms with E-state index in [0.717, 1.165) is 37.9 Å². The SMILES string of the molecule is Brc1ccc(-c2cc(-c3ccccc3)nc(-c3ccc(-c4ccccc4)cc3)n2)c2ccccc12. The van der Waals surface area contributed by atoms with Gasteiger partial charge >= 0.3 is 0 Å². The second-order valence-corrected chi connectivity index (χ2v) is 9.27. The van der Waals surface area contributed by atoms with Gasteiger partial charge in [-0.3, -0.25) is 0 Å². The maximum atomic E-state index is 5.06. The molecule has 3 heteroatoms. The van der Waals surface area contributed by atoms with Crippen molar-refractivity contribution in [3.63, 3.8) is 0 Å². The first kappa shape index (κ1) is 21.5. The molecule has 0 saturated carbocycles. The van der Waals surface area contributed by atoms with Crippen LogP contribution in [0.1, 0.15) is 0 Å². The third-order valence-corrected chi connectivity index (χ3v) is 6.88. The molecule has 35 heavy (non-hydrogen) atoms. The highest BCUT2D eigenvalue weighted by Gasteiger charge is 2.13. The second-order valence-electron chi connectivity index (χ2n) is 8.41. The molecule has 0 aliphatic carbocycles. The molecule has 166 valence electrons. The molecular weight excluding hydrogens is 492 g/mol. The van der Waals surface area contributed by atoms with Crippen LogP contribution in [0.2, 0.25) is 0 Å². The predicted molar refractivity (Wildman–Crippen MR) is 149 cm³/mol. The van der Waals surface area contributed by atoms with E-state index in [1.54, 1.807) is 0 Å². The van der Waals surface area contributed by atoms with E-state index in [1.807, 2.05) is 24.3 Å². The third-order valence-electron chi connectivity index (χ3n) is 6.19. The van der Waals surface area contributed by atoms with Crippen molar-refractivity contribution in [3.05, 3.63) is 132 Å². The molecule has 0 N–H and O–H groups in total. The van der Waals surface area contributed by atoms with Crippen LogP contribution in [0.3, 0.4) is 0 Å². The number of nitrogens with zero attached hydrogens (tertiary/aromatic N) is 2. The van der Waals surface area contributed by atoms with Crippen molar-refractivity contribution in [3.8, 4) is 45.0 Å². The van der Waals surface area contributed by atoms with Gasteiger partial charge in [-0.2, -0.15) is 0 Å². The van der Waals surface area contributed by atoms with Crippen LogP contribution >= 0.6 is 15.9 Å². The molecule has 1 aromatic heterocycles. The lowest BCUT2D eigenvalue weighted by atomic mass is 10.00. The summed E-state index contributed by atoms with van der Waals surface area (Å²) in [5, 5.41) is 2.32. The highest BCUT2D eigenvalue weighted by atomic mass is 79.9. The number of hydrogen-bond donors (Lipinski definition) is 0. The summed E-state index contributed by atoms with van der Waals surface area (Å²) in [6.45, 7) is 0. The highest BCUT2D eigenvalue weighted by Crippen LogP contribution is 2.35. The summed E-state index contributed by atoms with van der Waals surface area (Å²) < 4.78 is 1.07. The van der Waals surface area contributed by atoms with Gasteiger partial charge in [-0.15, -0.1) is 0 Å². The van der Waals surface area contributed by atoms with Crippen LogP contribution < -0.4 is 0 Å². The van der Waals surface area contributed by atoms with Crippen LogP contribution in [-0.4, -0.2) is 9.97 Å². The Morgan fingerprint density at radius 2 is 0.971 bits per heavy atom. The van der Waals surface area contributed by atoms with Crippen molar-refractivity contribution in [2.24, 2.45) is 0 Å². The predicted octanol–water partition coefficient (Wildman–Crippen LogP) is 9.06. The van der Waals surface area contributed by atoms with Crippen LogP contribution in [-0.2, 0) is 0 Å². The fourth-order valence-electron chi connectivity index (χ4n) is 4.40. The molecule has 0 saturated heterocycles. The first-order valence-corrected chi connectivity index (χ1v) is 12.3. The lowest BCUT2D eigenvalue weighted by Gasteiger charge is -2.12. The monoisotopic (exact) mass is 512 g/mol. The smallest absolute Gasteiger partial charge is 0.160 e. The first-order chi connectivity index (χ1) is 17.3. The Hall–Kier alpha value is -4.08. The van der Waals surface area contributed by atoms with Crippen molar-refractivity contribution in [1.82, 2.24) is 9.97 Å².